The lowest BCUT2D eigenvalue weighted by Gasteiger charge is -2.10. The van der Waals surface area contributed by atoms with Crippen LogP contribution in [0.1, 0.15) is 38.8 Å². The van der Waals surface area contributed by atoms with Crippen molar-refractivity contribution in [3.63, 3.8) is 0 Å². The molecule has 0 saturated heterocycles. The summed E-state index contributed by atoms with van der Waals surface area (Å²) in [5.41, 5.74) is 0.943. The Hall–Kier alpha value is -1.65. The van der Waals surface area contributed by atoms with Gasteiger partial charge in [0.25, 0.3) is 0 Å². The third kappa shape index (κ3) is 3.49. The lowest BCUT2D eigenvalue weighted by molar-refractivity contribution is -0.127. The maximum absolute atomic E-state index is 11.4. The summed E-state index contributed by atoms with van der Waals surface area (Å²) in [5.74, 6) is -0.377. The van der Waals surface area contributed by atoms with Crippen LogP contribution >= 0.6 is 0 Å². The molecule has 1 amide bonds. The molecule has 0 spiro atoms. The molecule has 0 radical (unpaired) electrons. The highest BCUT2D eigenvalue weighted by Gasteiger charge is 2.12. The van der Waals surface area contributed by atoms with Crippen molar-refractivity contribution in [3.8, 4) is 0 Å². The van der Waals surface area contributed by atoms with Gasteiger partial charge in [0.05, 0.1) is 18.7 Å². The fourth-order valence-electron chi connectivity index (χ4n) is 1.38. The van der Waals surface area contributed by atoms with E-state index in [-0.39, 0.29) is 24.2 Å². The van der Waals surface area contributed by atoms with Gasteiger partial charge in [-0.2, -0.15) is 5.10 Å². The van der Waals surface area contributed by atoms with E-state index in [4.69, 9.17) is 0 Å². The van der Waals surface area contributed by atoms with Crippen LogP contribution in [-0.2, 0) is 16.1 Å². The number of aryl methyl sites for hydroxylation is 1. The van der Waals surface area contributed by atoms with Crippen molar-refractivity contribution < 1.29 is 9.59 Å². The molecule has 1 unspecified atom stereocenters. The van der Waals surface area contributed by atoms with Gasteiger partial charge in [-0.05, 0) is 20.8 Å². The highest BCUT2D eigenvalue weighted by atomic mass is 16.2. The minimum Gasteiger partial charge on any atom is -0.349 e. The van der Waals surface area contributed by atoms with Crippen LogP contribution in [0.2, 0.25) is 0 Å². The Balaban J connectivity index is 2.54. The minimum absolute atomic E-state index is 0.0632. The van der Waals surface area contributed by atoms with Gasteiger partial charge in [-0.25, -0.2) is 0 Å². The summed E-state index contributed by atoms with van der Waals surface area (Å²) >= 11 is 0. The van der Waals surface area contributed by atoms with Crippen LogP contribution < -0.4 is 5.32 Å². The van der Waals surface area contributed by atoms with Crippen molar-refractivity contribution >= 4 is 11.7 Å². The Bertz CT molecular complexity index is 384. The lowest BCUT2D eigenvalue weighted by atomic mass is 10.2. The minimum atomic E-state index is -0.246. The van der Waals surface area contributed by atoms with Gasteiger partial charge in [0, 0.05) is 18.3 Å². The van der Waals surface area contributed by atoms with E-state index in [0.717, 1.165) is 12.1 Å². The van der Waals surface area contributed by atoms with Crippen molar-refractivity contribution in [2.75, 3.05) is 0 Å². The predicted molar refractivity (Wildman–Crippen MR) is 59.8 cm³/mol. The highest BCUT2D eigenvalue weighted by molar-refractivity contribution is 5.96. The first kappa shape index (κ1) is 12.4. The molecule has 0 aromatic carbocycles. The quantitative estimate of drug-likeness (QED) is 0.759. The summed E-state index contributed by atoms with van der Waals surface area (Å²) in [6, 6.07) is -0.118. The van der Waals surface area contributed by atoms with Crippen LogP contribution in [0.4, 0.5) is 0 Å². The predicted octanol–water partition coefficient (Wildman–Crippen LogP) is 1.06. The Morgan fingerprint density at radius 2 is 2.25 bits per heavy atom. The number of nitrogens with one attached hydrogen (secondary N) is 1. The zero-order valence-corrected chi connectivity index (χ0v) is 9.86. The summed E-state index contributed by atoms with van der Waals surface area (Å²) in [6.07, 6.45) is 3.55. The second-order valence-corrected chi connectivity index (χ2v) is 3.80. The van der Waals surface area contributed by atoms with Crippen molar-refractivity contribution in [2.24, 2.45) is 0 Å². The van der Waals surface area contributed by atoms with Crippen LogP contribution in [0.15, 0.2) is 12.4 Å². The van der Waals surface area contributed by atoms with Crippen LogP contribution in [0.5, 0.6) is 0 Å². The molecular formula is C11H17N3O2. The zero-order valence-electron chi connectivity index (χ0n) is 9.86. The fraction of sp³-hybridized carbons (Fsp3) is 0.545. The summed E-state index contributed by atoms with van der Waals surface area (Å²) in [7, 11) is 0. The lowest BCUT2D eigenvalue weighted by Crippen LogP contribution is -2.27. The van der Waals surface area contributed by atoms with E-state index < -0.39 is 0 Å². The van der Waals surface area contributed by atoms with Gasteiger partial charge >= 0.3 is 0 Å². The molecule has 0 aliphatic heterocycles. The molecule has 16 heavy (non-hydrogen) atoms. The van der Waals surface area contributed by atoms with E-state index in [1.807, 2.05) is 20.0 Å². The molecule has 1 N–H and O–H groups in total. The van der Waals surface area contributed by atoms with E-state index in [1.165, 1.54) is 6.92 Å². The molecule has 88 valence electrons. The molecule has 1 heterocycles. The maximum atomic E-state index is 11.4. The Labute approximate surface area is 94.8 Å². The monoisotopic (exact) mass is 223 g/mol. The summed E-state index contributed by atoms with van der Waals surface area (Å²) in [4.78, 5) is 22.1. The van der Waals surface area contributed by atoms with Gasteiger partial charge in [0.15, 0.2) is 0 Å². The third-order valence-corrected chi connectivity index (χ3v) is 2.26. The topological polar surface area (TPSA) is 64.0 Å². The SMILES string of the molecule is CCn1cc(C(C)NC(=O)CC(C)=O)cn1. The first-order valence-corrected chi connectivity index (χ1v) is 5.34. The van der Waals surface area contributed by atoms with Crippen LogP contribution in [0.25, 0.3) is 0 Å². The Morgan fingerprint density at radius 1 is 1.56 bits per heavy atom. The third-order valence-electron chi connectivity index (χ3n) is 2.26. The van der Waals surface area contributed by atoms with Crippen molar-refractivity contribution in [1.29, 1.82) is 0 Å². The first-order valence-electron chi connectivity index (χ1n) is 5.34. The number of Topliss-reactive ketones (excluding diaryl/α,β-unsaturated/α-hetero) is 1. The molecule has 1 atom stereocenters. The van der Waals surface area contributed by atoms with Crippen LogP contribution in [0.3, 0.4) is 0 Å². The van der Waals surface area contributed by atoms with Gasteiger partial charge in [-0.1, -0.05) is 0 Å². The van der Waals surface area contributed by atoms with E-state index in [1.54, 1.807) is 10.9 Å². The Morgan fingerprint density at radius 3 is 2.75 bits per heavy atom. The number of amides is 1. The number of aromatic nitrogens is 2. The molecule has 5 heteroatoms. The molecule has 1 aromatic heterocycles. The number of carbonyl (C=O) groups excluding carboxylic acids is 2. The van der Waals surface area contributed by atoms with Gasteiger partial charge < -0.3 is 5.32 Å². The molecule has 1 rings (SSSR count). The molecule has 0 aliphatic rings. The number of ketones is 1. The number of nitrogens with zero attached hydrogens (tertiary/aromatic N) is 2. The molecule has 0 aliphatic carbocycles. The summed E-state index contributed by atoms with van der Waals surface area (Å²) in [6.45, 7) is 6.07. The number of carbonyl (C=O) groups is 2. The first-order chi connectivity index (χ1) is 7.52. The van der Waals surface area contributed by atoms with E-state index in [2.05, 4.69) is 10.4 Å². The number of hydrogen-bond acceptors (Lipinski definition) is 3. The molecule has 5 nitrogen and oxygen atoms in total. The summed E-state index contributed by atoms with van der Waals surface area (Å²) < 4.78 is 1.79. The van der Waals surface area contributed by atoms with Crippen molar-refractivity contribution in [1.82, 2.24) is 15.1 Å². The second-order valence-electron chi connectivity index (χ2n) is 3.80. The van der Waals surface area contributed by atoms with E-state index in [9.17, 15) is 9.59 Å². The Kier molecular flexibility index (Phi) is 4.22. The molecule has 1 aromatic rings. The van der Waals surface area contributed by atoms with Gasteiger partial charge in [-0.3, -0.25) is 14.3 Å². The van der Waals surface area contributed by atoms with E-state index >= 15 is 0 Å². The number of hydrogen-bond donors (Lipinski definition) is 1. The molecule has 0 bridgehead atoms. The molecule has 0 saturated carbocycles. The summed E-state index contributed by atoms with van der Waals surface area (Å²) in [5, 5.41) is 6.87. The van der Waals surface area contributed by atoms with Crippen LogP contribution in [-0.4, -0.2) is 21.5 Å². The fourth-order valence-corrected chi connectivity index (χ4v) is 1.38. The largest absolute Gasteiger partial charge is 0.349 e. The van der Waals surface area contributed by atoms with Crippen molar-refractivity contribution in [3.05, 3.63) is 18.0 Å². The highest BCUT2D eigenvalue weighted by Crippen LogP contribution is 2.10. The normalized spacial score (nSPS) is 12.2. The standard InChI is InChI=1S/C11H17N3O2/c1-4-14-7-10(6-12-14)9(3)13-11(16)5-8(2)15/h6-7,9H,4-5H2,1-3H3,(H,13,16). The van der Waals surface area contributed by atoms with E-state index in [0.29, 0.717) is 0 Å². The van der Waals surface area contributed by atoms with Gasteiger partial charge in [-0.15, -0.1) is 0 Å². The average molecular weight is 223 g/mol. The molecular weight excluding hydrogens is 206 g/mol. The van der Waals surface area contributed by atoms with Crippen molar-refractivity contribution in [2.45, 2.75) is 39.8 Å². The van der Waals surface area contributed by atoms with Crippen LogP contribution in [0, 0.1) is 0 Å². The average Bonchev–Trinajstić information content (AvgIpc) is 2.64. The smallest absolute Gasteiger partial charge is 0.227 e. The molecule has 0 fully saturated rings. The zero-order chi connectivity index (χ0) is 12.1. The number of rotatable bonds is 5. The second kappa shape index (κ2) is 5.44. The van der Waals surface area contributed by atoms with Gasteiger partial charge in [0.2, 0.25) is 5.91 Å². The maximum Gasteiger partial charge on any atom is 0.227 e. The van der Waals surface area contributed by atoms with Gasteiger partial charge in [0.1, 0.15) is 5.78 Å².